The van der Waals surface area contributed by atoms with Crippen LogP contribution in [0.15, 0.2) is 36.0 Å². The lowest BCUT2D eigenvalue weighted by Crippen LogP contribution is -2.34. The summed E-state index contributed by atoms with van der Waals surface area (Å²) in [4.78, 5) is 12.6. The number of cyclic esters (lactones) is 1. The second kappa shape index (κ2) is 14.0. The summed E-state index contributed by atoms with van der Waals surface area (Å²) in [6.07, 6.45) is 9.11. The van der Waals surface area contributed by atoms with Crippen LogP contribution in [0.4, 0.5) is 0 Å². The molecule has 1 saturated heterocycles. The molecule has 0 aromatic heterocycles. The summed E-state index contributed by atoms with van der Waals surface area (Å²) in [6, 6.07) is 0. The summed E-state index contributed by atoms with van der Waals surface area (Å²) in [6.45, 7) is 13.7. The molecule has 0 amide bonds. The Hall–Kier alpha value is -1.51. The minimum atomic E-state index is -0.969. The van der Waals surface area contributed by atoms with E-state index in [1.807, 2.05) is 58.1 Å². The van der Waals surface area contributed by atoms with Gasteiger partial charge in [-0.1, -0.05) is 65.0 Å². The maximum absolute atomic E-state index is 12.6. The fraction of sp³-hybridized carbons (Fsp3) is 0.767. The standard InChI is InChI=1S/C30H50O7/c1-9-24(35-8)22(6)28-29(37-28)26(33)18(2)11-10-12-19(3)27-20(4)13-14-21(5)30(7,34)16-15-23(31)17-25(32)36-27/h10-14,18,20-24,26-29,31,33-34H,9,15-17H2,1-8H3/b11-10+,14-13+,19-12+/t18-,20+,21+,22-,23+,24+,26+,27-,28-,29-,30-/m1/s1. The van der Waals surface area contributed by atoms with Gasteiger partial charge in [-0.2, -0.15) is 0 Å². The zero-order valence-corrected chi connectivity index (χ0v) is 24.0. The Morgan fingerprint density at radius 1 is 1.27 bits per heavy atom. The molecule has 0 unspecified atom stereocenters. The highest BCUT2D eigenvalue weighted by Gasteiger charge is 2.50. The first-order chi connectivity index (χ1) is 17.3. The Morgan fingerprint density at radius 3 is 2.57 bits per heavy atom. The van der Waals surface area contributed by atoms with Gasteiger partial charge >= 0.3 is 5.97 Å². The van der Waals surface area contributed by atoms with Gasteiger partial charge in [0.25, 0.3) is 0 Å². The Kier molecular flexibility index (Phi) is 12.0. The number of allylic oxidation sites excluding steroid dienone is 2. The number of hydrogen-bond donors (Lipinski definition) is 3. The molecule has 0 radical (unpaired) electrons. The third-order valence-electron chi connectivity index (χ3n) is 8.28. The molecule has 0 aromatic rings. The SMILES string of the molecule is CC[C@H](OC)[C@@H](C)[C@H]1O[C@@H]1[C@@H](O)[C@H](C)/C=C/C=C(\C)[C@H]1OC(=O)C[C@@H](O)CC[C@@](C)(O)[C@@H](C)/C=C/[C@@H]1C. The zero-order chi connectivity index (χ0) is 27.9. The molecule has 2 rings (SSSR count). The highest BCUT2D eigenvalue weighted by molar-refractivity contribution is 5.70. The summed E-state index contributed by atoms with van der Waals surface area (Å²) < 4.78 is 17.1. The molecule has 212 valence electrons. The Balaban J connectivity index is 2.09. The summed E-state index contributed by atoms with van der Waals surface area (Å²) in [5.41, 5.74) is -0.113. The van der Waals surface area contributed by atoms with Crippen molar-refractivity contribution < 1.29 is 34.3 Å². The average molecular weight is 523 g/mol. The molecule has 3 N–H and O–H groups in total. The van der Waals surface area contributed by atoms with Gasteiger partial charge in [0.15, 0.2) is 0 Å². The van der Waals surface area contributed by atoms with Crippen molar-refractivity contribution >= 4 is 5.97 Å². The Labute approximate surface area is 223 Å². The molecule has 7 heteroatoms. The Morgan fingerprint density at radius 2 is 1.95 bits per heavy atom. The van der Waals surface area contributed by atoms with Gasteiger partial charge in [0.1, 0.15) is 12.2 Å². The molecule has 0 saturated carbocycles. The summed E-state index contributed by atoms with van der Waals surface area (Å²) >= 11 is 0. The highest BCUT2D eigenvalue weighted by atomic mass is 16.6. The van der Waals surface area contributed by atoms with Gasteiger partial charge in [0, 0.05) is 30.8 Å². The zero-order valence-electron chi connectivity index (χ0n) is 24.0. The van der Waals surface area contributed by atoms with Gasteiger partial charge < -0.3 is 29.5 Å². The van der Waals surface area contributed by atoms with Crippen LogP contribution in [0.5, 0.6) is 0 Å². The first-order valence-corrected chi connectivity index (χ1v) is 13.8. The first kappa shape index (κ1) is 31.7. The number of ether oxygens (including phenoxy) is 3. The van der Waals surface area contributed by atoms with E-state index in [2.05, 4.69) is 13.8 Å². The normalized spacial score (nSPS) is 38.1. The quantitative estimate of drug-likeness (QED) is 0.179. The van der Waals surface area contributed by atoms with Crippen LogP contribution < -0.4 is 0 Å². The van der Waals surface area contributed by atoms with E-state index in [0.29, 0.717) is 12.8 Å². The molecule has 2 heterocycles. The summed E-state index contributed by atoms with van der Waals surface area (Å²) in [5, 5.41) is 31.9. The third-order valence-corrected chi connectivity index (χ3v) is 8.28. The number of methoxy groups -OCH3 is 1. The predicted molar refractivity (Wildman–Crippen MR) is 145 cm³/mol. The number of aliphatic hydroxyl groups excluding tert-OH is 2. The molecule has 0 aromatic carbocycles. The maximum Gasteiger partial charge on any atom is 0.309 e. The lowest BCUT2D eigenvalue weighted by molar-refractivity contribution is -0.151. The number of epoxide rings is 1. The minimum Gasteiger partial charge on any atom is -0.457 e. The second-order valence-electron chi connectivity index (χ2n) is 11.4. The number of rotatable bonds is 9. The van der Waals surface area contributed by atoms with E-state index in [1.54, 1.807) is 14.0 Å². The largest absolute Gasteiger partial charge is 0.457 e. The molecule has 37 heavy (non-hydrogen) atoms. The average Bonchev–Trinajstić information content (AvgIpc) is 3.64. The van der Waals surface area contributed by atoms with Crippen LogP contribution in [0, 0.1) is 23.7 Å². The van der Waals surface area contributed by atoms with E-state index in [9.17, 15) is 20.1 Å². The van der Waals surface area contributed by atoms with Gasteiger partial charge in [0.2, 0.25) is 0 Å². The van der Waals surface area contributed by atoms with E-state index in [-0.39, 0.29) is 48.4 Å². The van der Waals surface area contributed by atoms with Crippen molar-refractivity contribution in [3.8, 4) is 0 Å². The lowest BCUT2D eigenvalue weighted by atomic mass is 9.84. The van der Waals surface area contributed by atoms with E-state index in [0.717, 1.165) is 12.0 Å². The smallest absolute Gasteiger partial charge is 0.309 e. The lowest BCUT2D eigenvalue weighted by Gasteiger charge is -2.31. The molecule has 0 aliphatic carbocycles. The van der Waals surface area contributed by atoms with Crippen LogP contribution in [-0.4, -0.2) is 70.6 Å². The molecule has 7 nitrogen and oxygen atoms in total. The van der Waals surface area contributed by atoms with Crippen LogP contribution in [0.3, 0.4) is 0 Å². The third kappa shape index (κ3) is 9.03. The molecule has 11 atom stereocenters. The van der Waals surface area contributed by atoms with E-state index in [4.69, 9.17) is 14.2 Å². The van der Waals surface area contributed by atoms with Gasteiger partial charge in [-0.05, 0) is 38.7 Å². The second-order valence-corrected chi connectivity index (χ2v) is 11.4. The topological polar surface area (TPSA) is 109 Å². The minimum absolute atomic E-state index is 0.00480. The van der Waals surface area contributed by atoms with E-state index in [1.165, 1.54) is 0 Å². The van der Waals surface area contributed by atoms with Gasteiger partial charge in [-0.3, -0.25) is 4.79 Å². The fourth-order valence-corrected chi connectivity index (χ4v) is 5.12. The van der Waals surface area contributed by atoms with Crippen LogP contribution in [0.25, 0.3) is 0 Å². The van der Waals surface area contributed by atoms with Crippen LogP contribution >= 0.6 is 0 Å². The maximum atomic E-state index is 12.6. The van der Waals surface area contributed by atoms with Crippen molar-refractivity contribution in [3.05, 3.63) is 36.0 Å². The van der Waals surface area contributed by atoms with Crippen LogP contribution in [0.2, 0.25) is 0 Å². The number of carbonyl (C=O) groups excluding carboxylic acids is 1. The van der Waals surface area contributed by atoms with Gasteiger partial charge in [0.05, 0.1) is 36.4 Å². The van der Waals surface area contributed by atoms with Crippen molar-refractivity contribution in [2.45, 2.75) is 116 Å². The molecule has 1 fully saturated rings. The molecular formula is C30H50O7. The van der Waals surface area contributed by atoms with Gasteiger partial charge in [-0.25, -0.2) is 0 Å². The van der Waals surface area contributed by atoms with Crippen LogP contribution in [-0.2, 0) is 19.0 Å². The van der Waals surface area contributed by atoms with Crippen molar-refractivity contribution in [3.63, 3.8) is 0 Å². The number of hydrogen-bond acceptors (Lipinski definition) is 7. The number of carbonyl (C=O) groups is 1. The van der Waals surface area contributed by atoms with Crippen molar-refractivity contribution in [2.75, 3.05) is 7.11 Å². The fourth-order valence-electron chi connectivity index (χ4n) is 5.12. The van der Waals surface area contributed by atoms with E-state index >= 15 is 0 Å². The van der Waals surface area contributed by atoms with Crippen molar-refractivity contribution in [1.82, 2.24) is 0 Å². The molecule has 2 aliphatic heterocycles. The monoisotopic (exact) mass is 522 g/mol. The number of esters is 1. The van der Waals surface area contributed by atoms with Crippen LogP contribution in [0.1, 0.15) is 74.1 Å². The molecule has 0 spiro atoms. The highest BCUT2D eigenvalue weighted by Crippen LogP contribution is 2.37. The van der Waals surface area contributed by atoms with Crippen molar-refractivity contribution in [2.24, 2.45) is 23.7 Å². The first-order valence-electron chi connectivity index (χ1n) is 13.8. The molecule has 0 bridgehead atoms. The van der Waals surface area contributed by atoms with Gasteiger partial charge in [-0.15, -0.1) is 0 Å². The predicted octanol–water partition coefficient (Wildman–Crippen LogP) is 4.35. The molecular weight excluding hydrogens is 472 g/mol. The Bertz CT molecular complexity index is 813. The molecule has 2 aliphatic rings. The number of aliphatic hydroxyl groups is 3. The van der Waals surface area contributed by atoms with E-state index < -0.39 is 29.9 Å². The van der Waals surface area contributed by atoms with Crippen molar-refractivity contribution in [1.29, 1.82) is 0 Å². The summed E-state index contributed by atoms with van der Waals surface area (Å²) in [7, 11) is 1.71. The summed E-state index contributed by atoms with van der Waals surface area (Å²) in [5.74, 6) is -0.608.